The molecule has 1 aromatic rings. The molecule has 0 aromatic carbocycles. The maximum Gasteiger partial charge on any atom is 0.127 e. The summed E-state index contributed by atoms with van der Waals surface area (Å²) >= 11 is 0. The molecule has 0 bridgehead atoms. The predicted molar refractivity (Wildman–Crippen MR) is 53.9 cm³/mol. The summed E-state index contributed by atoms with van der Waals surface area (Å²) < 4.78 is 2.09. The van der Waals surface area contributed by atoms with Gasteiger partial charge in [-0.05, 0) is 27.2 Å². The van der Waals surface area contributed by atoms with Crippen molar-refractivity contribution in [1.82, 2.24) is 9.78 Å². The molecule has 0 amide bonds. The summed E-state index contributed by atoms with van der Waals surface area (Å²) in [4.78, 5) is 2.42. The minimum atomic E-state index is 0.207. The number of aryl methyl sites for hydroxylation is 1. The second-order valence-electron chi connectivity index (χ2n) is 4.59. The van der Waals surface area contributed by atoms with Gasteiger partial charge in [-0.25, -0.2) is 4.68 Å². The Bertz CT molecular complexity index is 295. The maximum atomic E-state index is 4.30. The van der Waals surface area contributed by atoms with Gasteiger partial charge in [-0.2, -0.15) is 5.10 Å². The second kappa shape index (κ2) is 2.76. The van der Waals surface area contributed by atoms with E-state index in [-0.39, 0.29) is 5.54 Å². The minimum Gasteiger partial charge on any atom is -0.352 e. The Kier molecular flexibility index (Phi) is 1.82. The van der Waals surface area contributed by atoms with Gasteiger partial charge in [0.1, 0.15) is 5.82 Å². The van der Waals surface area contributed by atoms with Crippen LogP contribution in [0.5, 0.6) is 0 Å². The van der Waals surface area contributed by atoms with Crippen LogP contribution in [0.1, 0.15) is 27.2 Å². The lowest BCUT2D eigenvalue weighted by Gasteiger charge is -2.40. The lowest BCUT2D eigenvalue weighted by atomic mass is 10.0. The fourth-order valence-corrected chi connectivity index (χ4v) is 1.90. The normalized spacial score (nSPS) is 17.3. The Morgan fingerprint density at radius 2 is 2.08 bits per heavy atom. The number of aromatic nitrogens is 2. The zero-order valence-corrected chi connectivity index (χ0v) is 8.62. The van der Waals surface area contributed by atoms with Crippen LogP contribution in [-0.2, 0) is 6.54 Å². The van der Waals surface area contributed by atoms with E-state index >= 15 is 0 Å². The van der Waals surface area contributed by atoms with Crippen LogP contribution in [0.25, 0.3) is 0 Å². The minimum absolute atomic E-state index is 0.207. The highest BCUT2D eigenvalue weighted by Gasteiger charge is 2.26. The molecule has 3 nitrogen and oxygen atoms in total. The first kappa shape index (κ1) is 8.60. The average molecular weight is 179 g/mol. The van der Waals surface area contributed by atoms with Crippen LogP contribution in [-0.4, -0.2) is 21.9 Å². The third kappa shape index (κ3) is 1.43. The fraction of sp³-hybridized carbons (Fsp3) is 0.700. The van der Waals surface area contributed by atoms with Gasteiger partial charge in [0.05, 0.1) is 6.20 Å². The van der Waals surface area contributed by atoms with Gasteiger partial charge < -0.3 is 4.90 Å². The van der Waals surface area contributed by atoms with Gasteiger partial charge in [0.15, 0.2) is 0 Å². The number of fused-ring (bicyclic) bond motifs is 1. The van der Waals surface area contributed by atoms with E-state index in [1.165, 1.54) is 12.2 Å². The van der Waals surface area contributed by atoms with Crippen molar-refractivity contribution >= 4 is 5.82 Å². The van der Waals surface area contributed by atoms with Crippen molar-refractivity contribution in [2.45, 2.75) is 39.3 Å². The molecule has 0 fully saturated rings. The van der Waals surface area contributed by atoms with Crippen LogP contribution in [0.3, 0.4) is 0 Å². The molecule has 0 atom stereocenters. The summed E-state index contributed by atoms with van der Waals surface area (Å²) in [6.07, 6.45) is 3.09. The molecule has 0 radical (unpaired) electrons. The van der Waals surface area contributed by atoms with Gasteiger partial charge >= 0.3 is 0 Å². The summed E-state index contributed by atoms with van der Waals surface area (Å²) in [5.74, 6) is 1.26. The lowest BCUT2D eigenvalue weighted by Crippen LogP contribution is -2.45. The molecule has 1 aromatic heterocycles. The molecule has 1 aliphatic rings. The molecule has 0 N–H and O–H groups in total. The molecule has 13 heavy (non-hydrogen) atoms. The molecule has 0 aliphatic carbocycles. The number of nitrogens with zero attached hydrogens (tertiary/aromatic N) is 3. The molecular weight excluding hydrogens is 162 g/mol. The molecule has 0 spiro atoms. The van der Waals surface area contributed by atoms with Crippen molar-refractivity contribution in [2.75, 3.05) is 11.4 Å². The highest BCUT2D eigenvalue weighted by molar-refractivity contribution is 5.42. The largest absolute Gasteiger partial charge is 0.352 e. The molecule has 3 heteroatoms. The van der Waals surface area contributed by atoms with Crippen molar-refractivity contribution in [3.05, 3.63) is 12.3 Å². The van der Waals surface area contributed by atoms with Gasteiger partial charge in [-0.15, -0.1) is 0 Å². The highest BCUT2D eigenvalue weighted by Crippen LogP contribution is 2.26. The number of rotatable bonds is 0. The average Bonchev–Trinajstić information content (AvgIpc) is 2.48. The Morgan fingerprint density at radius 1 is 1.31 bits per heavy atom. The van der Waals surface area contributed by atoms with E-state index in [9.17, 15) is 0 Å². The van der Waals surface area contributed by atoms with E-state index in [0.717, 1.165) is 13.1 Å². The van der Waals surface area contributed by atoms with Crippen LogP contribution >= 0.6 is 0 Å². The van der Waals surface area contributed by atoms with Crippen molar-refractivity contribution in [2.24, 2.45) is 0 Å². The summed E-state index contributed by atoms with van der Waals surface area (Å²) in [5.41, 5.74) is 0.207. The van der Waals surface area contributed by atoms with Crippen molar-refractivity contribution in [3.63, 3.8) is 0 Å². The van der Waals surface area contributed by atoms with Crippen LogP contribution in [0.4, 0.5) is 5.82 Å². The first-order valence-electron chi connectivity index (χ1n) is 4.88. The quantitative estimate of drug-likeness (QED) is 0.606. The van der Waals surface area contributed by atoms with E-state index in [2.05, 4.69) is 41.5 Å². The van der Waals surface area contributed by atoms with E-state index < -0.39 is 0 Å². The van der Waals surface area contributed by atoms with Gasteiger partial charge in [0.25, 0.3) is 0 Å². The molecule has 0 saturated heterocycles. The van der Waals surface area contributed by atoms with Gasteiger partial charge in [-0.1, -0.05) is 0 Å². The highest BCUT2D eigenvalue weighted by atomic mass is 15.4. The Labute approximate surface area is 79.3 Å². The van der Waals surface area contributed by atoms with E-state index in [1.807, 2.05) is 6.20 Å². The Balaban J connectivity index is 2.35. The van der Waals surface area contributed by atoms with Gasteiger partial charge in [-0.3, -0.25) is 0 Å². The van der Waals surface area contributed by atoms with Crippen LogP contribution in [0, 0.1) is 0 Å². The molecule has 0 saturated carbocycles. The third-order valence-corrected chi connectivity index (χ3v) is 2.53. The standard InChI is InChI=1S/C10H17N3/c1-10(2,3)12-7-4-8-13-9(12)5-6-11-13/h5-6H,4,7-8H2,1-3H3. The SMILES string of the molecule is CC(C)(C)N1CCCn2nccc21. The molecule has 2 heterocycles. The number of hydrogen-bond donors (Lipinski definition) is 0. The summed E-state index contributed by atoms with van der Waals surface area (Å²) in [6.45, 7) is 8.95. The second-order valence-corrected chi connectivity index (χ2v) is 4.59. The monoisotopic (exact) mass is 179 g/mol. The zero-order valence-electron chi connectivity index (χ0n) is 8.62. The fourth-order valence-electron chi connectivity index (χ4n) is 1.90. The maximum absolute atomic E-state index is 4.30. The van der Waals surface area contributed by atoms with Crippen LogP contribution < -0.4 is 4.90 Å². The summed E-state index contributed by atoms with van der Waals surface area (Å²) in [6, 6.07) is 2.10. The zero-order chi connectivity index (χ0) is 9.47. The topological polar surface area (TPSA) is 21.1 Å². The first-order chi connectivity index (χ1) is 6.09. The predicted octanol–water partition coefficient (Wildman–Crippen LogP) is 1.89. The number of anilines is 1. The molecular formula is C10H17N3. The first-order valence-corrected chi connectivity index (χ1v) is 4.88. The van der Waals surface area contributed by atoms with Crippen molar-refractivity contribution in [3.8, 4) is 0 Å². The Morgan fingerprint density at radius 3 is 2.77 bits per heavy atom. The van der Waals surface area contributed by atoms with Crippen LogP contribution in [0.15, 0.2) is 12.3 Å². The lowest BCUT2D eigenvalue weighted by molar-refractivity contribution is 0.426. The van der Waals surface area contributed by atoms with Crippen LogP contribution in [0.2, 0.25) is 0 Å². The molecule has 2 rings (SSSR count). The Hall–Kier alpha value is -0.990. The number of hydrogen-bond acceptors (Lipinski definition) is 2. The third-order valence-electron chi connectivity index (χ3n) is 2.53. The van der Waals surface area contributed by atoms with Crippen molar-refractivity contribution < 1.29 is 0 Å². The van der Waals surface area contributed by atoms with E-state index in [4.69, 9.17) is 0 Å². The van der Waals surface area contributed by atoms with Gasteiger partial charge in [0, 0.05) is 24.7 Å². The smallest absolute Gasteiger partial charge is 0.127 e. The van der Waals surface area contributed by atoms with Crippen molar-refractivity contribution in [1.29, 1.82) is 0 Å². The van der Waals surface area contributed by atoms with E-state index in [1.54, 1.807) is 0 Å². The van der Waals surface area contributed by atoms with Gasteiger partial charge in [0.2, 0.25) is 0 Å². The molecule has 1 aliphatic heterocycles. The summed E-state index contributed by atoms with van der Waals surface area (Å²) in [7, 11) is 0. The molecule has 72 valence electrons. The summed E-state index contributed by atoms with van der Waals surface area (Å²) in [5, 5.41) is 4.30. The van der Waals surface area contributed by atoms with E-state index in [0.29, 0.717) is 0 Å². The molecule has 0 unspecified atom stereocenters.